The second kappa shape index (κ2) is 14.6. The van der Waals surface area contributed by atoms with Crippen LogP contribution in [0.25, 0.3) is 6.08 Å². The summed E-state index contributed by atoms with van der Waals surface area (Å²) in [6.45, 7) is 16.1. The molecule has 0 aromatic heterocycles. The van der Waals surface area contributed by atoms with Gasteiger partial charge in [-0.3, -0.25) is 0 Å². The van der Waals surface area contributed by atoms with Crippen molar-refractivity contribution in [1.82, 2.24) is 0 Å². The van der Waals surface area contributed by atoms with Gasteiger partial charge >= 0.3 is 0 Å². The average molecular weight is 287 g/mol. The van der Waals surface area contributed by atoms with Crippen LogP contribution in [-0.2, 0) is 0 Å². The van der Waals surface area contributed by atoms with Crippen LogP contribution in [0.4, 0.5) is 5.69 Å². The molecule has 0 fully saturated rings. The van der Waals surface area contributed by atoms with Crippen LogP contribution in [0.2, 0.25) is 0 Å². The number of benzene rings is 1. The fourth-order valence-corrected chi connectivity index (χ4v) is 1.67. The minimum atomic E-state index is 1.16. The van der Waals surface area contributed by atoms with Crippen LogP contribution in [-0.4, -0.2) is 7.05 Å². The van der Waals surface area contributed by atoms with Crippen molar-refractivity contribution in [2.75, 3.05) is 11.9 Å². The summed E-state index contributed by atoms with van der Waals surface area (Å²) in [5, 5.41) is 0. The third kappa shape index (κ3) is 10.7. The number of allylic oxidation sites excluding steroid dienone is 3. The van der Waals surface area contributed by atoms with E-state index in [9.17, 15) is 0 Å². The maximum absolute atomic E-state index is 3.81. The van der Waals surface area contributed by atoms with Gasteiger partial charge in [-0.1, -0.05) is 69.4 Å². The largest absolute Gasteiger partial charge is 0.351 e. The van der Waals surface area contributed by atoms with Crippen molar-refractivity contribution in [3.63, 3.8) is 0 Å². The van der Waals surface area contributed by atoms with E-state index >= 15 is 0 Å². The second-order valence-corrected chi connectivity index (χ2v) is 4.56. The summed E-state index contributed by atoms with van der Waals surface area (Å²) < 4.78 is 0. The van der Waals surface area contributed by atoms with Gasteiger partial charge in [0.2, 0.25) is 0 Å². The minimum Gasteiger partial charge on any atom is -0.351 e. The van der Waals surface area contributed by atoms with Crippen LogP contribution in [0.1, 0.15) is 53.5 Å². The molecule has 0 saturated carbocycles. The van der Waals surface area contributed by atoms with Crippen molar-refractivity contribution in [1.29, 1.82) is 0 Å². The molecule has 0 N–H and O–H groups in total. The van der Waals surface area contributed by atoms with Gasteiger partial charge in [0, 0.05) is 18.9 Å². The molecule has 0 bridgehead atoms. The summed E-state index contributed by atoms with van der Waals surface area (Å²) in [4.78, 5) is 2.12. The number of anilines is 1. The van der Waals surface area contributed by atoms with Crippen LogP contribution in [0.5, 0.6) is 0 Å². The summed E-state index contributed by atoms with van der Waals surface area (Å²) >= 11 is 0. The van der Waals surface area contributed by atoms with E-state index in [2.05, 4.69) is 69.8 Å². The Hall–Kier alpha value is -1.76. The molecule has 0 aliphatic heterocycles. The highest BCUT2D eigenvalue weighted by atomic mass is 15.1. The molecule has 0 unspecified atom stereocenters. The number of hydrogen-bond donors (Lipinski definition) is 0. The molecule has 0 radical (unpaired) electrons. The lowest BCUT2D eigenvalue weighted by molar-refractivity contribution is 1.16. The highest BCUT2D eigenvalue weighted by Gasteiger charge is 2.00. The Morgan fingerprint density at radius 3 is 2.14 bits per heavy atom. The minimum absolute atomic E-state index is 1.16. The van der Waals surface area contributed by atoms with Crippen molar-refractivity contribution in [2.45, 2.75) is 48.0 Å². The normalized spacial score (nSPS) is 8.90. The first kappa shape index (κ1) is 21.5. The Bertz CT molecular complexity index is 423. The van der Waals surface area contributed by atoms with Crippen LogP contribution < -0.4 is 4.90 Å². The molecule has 1 heteroatoms. The molecule has 21 heavy (non-hydrogen) atoms. The van der Waals surface area contributed by atoms with Crippen LogP contribution in [0.3, 0.4) is 0 Å². The first-order valence-corrected chi connectivity index (χ1v) is 7.77. The zero-order valence-corrected chi connectivity index (χ0v) is 15.0. The highest BCUT2D eigenvalue weighted by molar-refractivity contribution is 5.67. The van der Waals surface area contributed by atoms with Gasteiger partial charge in [0.05, 0.1) is 0 Å². The summed E-state index contributed by atoms with van der Waals surface area (Å²) in [6.07, 6.45) is 9.34. The first-order valence-electron chi connectivity index (χ1n) is 7.77. The molecule has 0 heterocycles. The van der Waals surface area contributed by atoms with Crippen LogP contribution >= 0.6 is 0 Å². The van der Waals surface area contributed by atoms with Gasteiger partial charge in [-0.15, -0.1) is 0 Å². The van der Waals surface area contributed by atoms with E-state index in [0.717, 1.165) is 12.0 Å². The van der Waals surface area contributed by atoms with Crippen molar-refractivity contribution >= 4 is 11.8 Å². The third-order valence-corrected chi connectivity index (χ3v) is 2.46. The highest BCUT2D eigenvalue weighted by Crippen LogP contribution is 2.20. The van der Waals surface area contributed by atoms with Gasteiger partial charge in [0.25, 0.3) is 0 Å². The van der Waals surface area contributed by atoms with Crippen molar-refractivity contribution in [3.05, 3.63) is 60.3 Å². The molecular formula is C20H33N. The third-order valence-electron chi connectivity index (χ3n) is 2.46. The molecule has 1 aromatic carbocycles. The Morgan fingerprint density at radius 2 is 1.76 bits per heavy atom. The van der Waals surface area contributed by atoms with E-state index in [4.69, 9.17) is 0 Å². The van der Waals surface area contributed by atoms with E-state index in [0.29, 0.717) is 0 Å². The quantitative estimate of drug-likeness (QED) is 0.558. The molecule has 1 nitrogen and oxygen atoms in total. The van der Waals surface area contributed by atoms with E-state index < -0.39 is 0 Å². The van der Waals surface area contributed by atoms with Gasteiger partial charge in [0.1, 0.15) is 0 Å². The predicted octanol–water partition coefficient (Wildman–Crippen LogP) is 6.69. The fourth-order valence-electron chi connectivity index (χ4n) is 1.67. The standard InChI is InChI=1S/C13H17N.C5H10.C2H6/c1-5-12-8-6-7-9-13(12)14(4)10-11(2)3;1-3-5-4-2;1-2/h5-10H,1H2,2-4H3;3,5H,4H2,1-2H3;1-2H3/b;5-3-;. The van der Waals surface area contributed by atoms with E-state index in [1.165, 1.54) is 11.3 Å². The molecule has 0 saturated heterocycles. The number of nitrogens with zero attached hydrogens (tertiary/aromatic N) is 1. The van der Waals surface area contributed by atoms with Gasteiger partial charge in [-0.05, 0) is 38.8 Å². The summed E-state index contributed by atoms with van der Waals surface area (Å²) in [5.41, 5.74) is 3.63. The number of rotatable bonds is 4. The zero-order valence-electron chi connectivity index (χ0n) is 15.0. The van der Waals surface area contributed by atoms with E-state index in [-0.39, 0.29) is 0 Å². The maximum atomic E-state index is 3.81. The number of hydrogen-bond acceptors (Lipinski definition) is 1. The van der Waals surface area contributed by atoms with Crippen molar-refractivity contribution in [3.8, 4) is 0 Å². The lowest BCUT2D eigenvalue weighted by Crippen LogP contribution is -2.09. The molecular weight excluding hydrogens is 254 g/mol. The zero-order chi connectivity index (χ0) is 16.7. The molecule has 0 aliphatic carbocycles. The smallest absolute Gasteiger partial charge is 0.0476 e. The monoisotopic (exact) mass is 287 g/mol. The second-order valence-electron chi connectivity index (χ2n) is 4.56. The summed E-state index contributed by atoms with van der Waals surface area (Å²) in [7, 11) is 2.05. The Kier molecular flexibility index (Phi) is 15.0. The summed E-state index contributed by atoms with van der Waals surface area (Å²) in [6, 6.07) is 8.22. The Morgan fingerprint density at radius 1 is 1.19 bits per heavy atom. The van der Waals surface area contributed by atoms with Crippen LogP contribution in [0, 0.1) is 0 Å². The van der Waals surface area contributed by atoms with Crippen LogP contribution in [0.15, 0.2) is 54.8 Å². The molecule has 1 rings (SSSR count). The molecule has 118 valence electrons. The number of para-hydroxylation sites is 1. The molecule has 0 amide bonds. The van der Waals surface area contributed by atoms with E-state index in [1.807, 2.05) is 39.0 Å². The van der Waals surface area contributed by atoms with Gasteiger partial charge in [-0.25, -0.2) is 0 Å². The SMILES string of the molecule is C/C=C\CC.C=Cc1ccccc1N(C)C=C(C)C.CC. The van der Waals surface area contributed by atoms with Gasteiger partial charge < -0.3 is 4.90 Å². The molecule has 0 aliphatic rings. The first-order chi connectivity index (χ1) is 10.1. The molecule has 0 atom stereocenters. The maximum Gasteiger partial charge on any atom is 0.0476 e. The van der Waals surface area contributed by atoms with Gasteiger partial charge in [-0.2, -0.15) is 0 Å². The topological polar surface area (TPSA) is 3.24 Å². The average Bonchev–Trinajstić information content (AvgIpc) is 2.50. The van der Waals surface area contributed by atoms with Crippen molar-refractivity contribution in [2.24, 2.45) is 0 Å². The van der Waals surface area contributed by atoms with Gasteiger partial charge in [0.15, 0.2) is 0 Å². The lowest BCUT2D eigenvalue weighted by atomic mass is 10.1. The van der Waals surface area contributed by atoms with E-state index in [1.54, 1.807) is 0 Å². The fraction of sp³-hybridized carbons (Fsp3) is 0.400. The Labute approximate surface area is 132 Å². The summed E-state index contributed by atoms with van der Waals surface area (Å²) in [5.74, 6) is 0. The molecule has 0 spiro atoms. The predicted molar refractivity (Wildman–Crippen MR) is 101 cm³/mol. The lowest BCUT2D eigenvalue weighted by Gasteiger charge is -2.17. The van der Waals surface area contributed by atoms with Crippen molar-refractivity contribution < 1.29 is 0 Å². The molecule has 1 aromatic rings. The Balaban J connectivity index is 0.